The molecule has 28 heavy (non-hydrogen) atoms. The van der Waals surface area contributed by atoms with Gasteiger partial charge in [-0.3, -0.25) is 4.79 Å². The highest BCUT2D eigenvalue weighted by atomic mass is 19.4. The van der Waals surface area contributed by atoms with E-state index in [1.165, 1.54) is 18.2 Å². The summed E-state index contributed by atoms with van der Waals surface area (Å²) in [4.78, 5) is 14.8. The Bertz CT molecular complexity index is 1080. The third-order valence-electron chi connectivity index (χ3n) is 4.92. The van der Waals surface area contributed by atoms with Crippen LogP contribution < -0.4 is 15.6 Å². The van der Waals surface area contributed by atoms with Crippen LogP contribution in [0.3, 0.4) is 0 Å². The Balaban J connectivity index is 1.74. The van der Waals surface area contributed by atoms with Crippen LogP contribution in [-0.2, 0) is 6.18 Å². The lowest BCUT2D eigenvalue weighted by molar-refractivity contribution is -0.137. The molecule has 7 heteroatoms. The van der Waals surface area contributed by atoms with E-state index in [1.807, 2.05) is 6.07 Å². The third kappa shape index (κ3) is 3.62. The summed E-state index contributed by atoms with van der Waals surface area (Å²) in [5.74, 6) is 0.118. The van der Waals surface area contributed by atoms with Crippen molar-refractivity contribution >= 4 is 16.7 Å². The minimum Gasteiger partial charge on any atom is -0.456 e. The number of anilines is 1. The lowest BCUT2D eigenvalue weighted by Crippen LogP contribution is -2.49. The highest BCUT2D eigenvalue weighted by Gasteiger charge is 2.30. The molecule has 1 unspecified atom stereocenters. The van der Waals surface area contributed by atoms with E-state index in [-0.39, 0.29) is 16.8 Å². The third-order valence-corrected chi connectivity index (χ3v) is 4.92. The van der Waals surface area contributed by atoms with Gasteiger partial charge in [0.1, 0.15) is 11.3 Å². The number of nitrogens with one attached hydrogen (secondary N) is 1. The molecule has 0 spiro atoms. The van der Waals surface area contributed by atoms with Crippen LogP contribution in [0.25, 0.3) is 22.3 Å². The van der Waals surface area contributed by atoms with Gasteiger partial charge in [-0.25, -0.2) is 0 Å². The zero-order valence-corrected chi connectivity index (χ0v) is 15.2. The number of fused-ring (bicyclic) bond motifs is 1. The number of hydrogen-bond acceptors (Lipinski definition) is 4. The molecule has 4 nitrogen and oxygen atoms in total. The summed E-state index contributed by atoms with van der Waals surface area (Å²) in [5, 5.41) is 3.79. The first-order valence-corrected chi connectivity index (χ1v) is 9.05. The highest BCUT2D eigenvalue weighted by Crippen LogP contribution is 2.32. The maximum Gasteiger partial charge on any atom is 0.416 e. The van der Waals surface area contributed by atoms with Crippen molar-refractivity contribution in [3.05, 3.63) is 64.3 Å². The van der Waals surface area contributed by atoms with Gasteiger partial charge in [0, 0.05) is 43.0 Å². The average molecular weight is 388 g/mol. The van der Waals surface area contributed by atoms with Crippen molar-refractivity contribution in [2.75, 3.05) is 24.5 Å². The standard InChI is InChI=1S/C21H19F3N2O2/c1-13-12-26(8-7-25-13)16-5-6-19-17(10-16)18(27)11-20(28-19)14-3-2-4-15(9-14)21(22,23)24/h2-6,9-11,13,25H,7-8,12H2,1H3. The Labute approximate surface area is 159 Å². The number of nitrogens with zero attached hydrogens (tertiary/aromatic N) is 1. The van der Waals surface area contributed by atoms with Gasteiger partial charge >= 0.3 is 6.18 Å². The van der Waals surface area contributed by atoms with Gasteiger partial charge < -0.3 is 14.6 Å². The second-order valence-corrected chi connectivity index (χ2v) is 7.04. The predicted molar refractivity (Wildman–Crippen MR) is 103 cm³/mol. The normalized spacial score (nSPS) is 17.9. The molecule has 4 rings (SSSR count). The number of benzene rings is 2. The molecule has 146 valence electrons. The molecular weight excluding hydrogens is 369 g/mol. The van der Waals surface area contributed by atoms with Crippen molar-refractivity contribution in [1.29, 1.82) is 0 Å². The van der Waals surface area contributed by atoms with Crippen LogP contribution in [0.4, 0.5) is 18.9 Å². The maximum atomic E-state index is 13.0. The van der Waals surface area contributed by atoms with Crippen LogP contribution in [-0.4, -0.2) is 25.7 Å². The summed E-state index contributed by atoms with van der Waals surface area (Å²) >= 11 is 0. The zero-order chi connectivity index (χ0) is 19.9. The van der Waals surface area contributed by atoms with Crippen LogP contribution in [0.5, 0.6) is 0 Å². The highest BCUT2D eigenvalue weighted by molar-refractivity contribution is 5.82. The average Bonchev–Trinajstić information content (AvgIpc) is 2.67. The second kappa shape index (κ2) is 6.98. The molecular formula is C21H19F3N2O2. The second-order valence-electron chi connectivity index (χ2n) is 7.04. The van der Waals surface area contributed by atoms with Gasteiger partial charge in [-0.2, -0.15) is 13.2 Å². The molecule has 2 aromatic carbocycles. The van der Waals surface area contributed by atoms with Gasteiger partial charge in [0.2, 0.25) is 0 Å². The number of alkyl halides is 3. The van der Waals surface area contributed by atoms with Crippen LogP contribution in [0.15, 0.2) is 57.7 Å². The van der Waals surface area contributed by atoms with Crippen molar-refractivity contribution in [2.24, 2.45) is 0 Å². The summed E-state index contributed by atoms with van der Waals surface area (Å²) < 4.78 is 44.7. The summed E-state index contributed by atoms with van der Waals surface area (Å²) in [5.41, 5.74) is 0.440. The summed E-state index contributed by atoms with van der Waals surface area (Å²) in [6.07, 6.45) is -4.46. The first kappa shape index (κ1) is 18.6. The zero-order valence-electron chi connectivity index (χ0n) is 15.2. The van der Waals surface area contributed by atoms with Crippen molar-refractivity contribution < 1.29 is 17.6 Å². The van der Waals surface area contributed by atoms with Gasteiger partial charge in [0.05, 0.1) is 10.9 Å². The van der Waals surface area contributed by atoms with E-state index in [2.05, 4.69) is 17.1 Å². The van der Waals surface area contributed by atoms with Gasteiger partial charge in [-0.05, 0) is 37.3 Å². The number of halogens is 3. The van der Waals surface area contributed by atoms with Crippen molar-refractivity contribution in [3.8, 4) is 11.3 Å². The fraction of sp³-hybridized carbons (Fsp3) is 0.286. The Kier molecular flexibility index (Phi) is 4.63. The van der Waals surface area contributed by atoms with Crippen LogP contribution in [0.1, 0.15) is 12.5 Å². The van der Waals surface area contributed by atoms with Crippen molar-refractivity contribution in [3.63, 3.8) is 0 Å². The number of hydrogen-bond donors (Lipinski definition) is 1. The van der Waals surface area contributed by atoms with Crippen LogP contribution in [0.2, 0.25) is 0 Å². The van der Waals surface area contributed by atoms with Crippen LogP contribution in [0, 0.1) is 0 Å². The molecule has 0 amide bonds. The molecule has 3 aromatic rings. The fourth-order valence-corrected chi connectivity index (χ4v) is 3.50. The lowest BCUT2D eigenvalue weighted by atomic mass is 10.1. The summed E-state index contributed by atoms with van der Waals surface area (Å²) in [6.45, 7) is 4.63. The summed E-state index contributed by atoms with van der Waals surface area (Å²) in [7, 11) is 0. The fourth-order valence-electron chi connectivity index (χ4n) is 3.50. The molecule has 0 saturated carbocycles. The molecule has 0 bridgehead atoms. The molecule has 0 aliphatic carbocycles. The van der Waals surface area contributed by atoms with E-state index < -0.39 is 11.7 Å². The predicted octanol–water partition coefficient (Wildman–Crippen LogP) is 4.28. The van der Waals surface area contributed by atoms with Gasteiger partial charge in [-0.1, -0.05) is 12.1 Å². The maximum absolute atomic E-state index is 13.0. The minimum atomic E-state index is -4.46. The van der Waals surface area contributed by atoms with E-state index in [4.69, 9.17) is 4.42 Å². The minimum absolute atomic E-state index is 0.118. The molecule has 1 fully saturated rings. The smallest absolute Gasteiger partial charge is 0.416 e. The van der Waals surface area contributed by atoms with E-state index in [9.17, 15) is 18.0 Å². The molecule has 1 aliphatic rings. The first-order valence-electron chi connectivity index (χ1n) is 9.05. The Hall–Kier alpha value is -2.80. The van der Waals surface area contributed by atoms with Crippen molar-refractivity contribution in [1.82, 2.24) is 5.32 Å². The molecule has 2 heterocycles. The number of piperazine rings is 1. The van der Waals surface area contributed by atoms with E-state index in [0.717, 1.165) is 37.5 Å². The number of rotatable bonds is 2. The van der Waals surface area contributed by atoms with Gasteiger partial charge in [0.25, 0.3) is 0 Å². The van der Waals surface area contributed by atoms with Gasteiger partial charge in [0.15, 0.2) is 5.43 Å². The largest absolute Gasteiger partial charge is 0.456 e. The Morgan fingerprint density at radius 3 is 2.71 bits per heavy atom. The SMILES string of the molecule is CC1CN(c2ccc3oc(-c4cccc(C(F)(F)F)c4)cc(=O)c3c2)CCN1. The van der Waals surface area contributed by atoms with E-state index in [1.54, 1.807) is 12.1 Å². The molecule has 1 aromatic heterocycles. The monoisotopic (exact) mass is 388 g/mol. The van der Waals surface area contributed by atoms with Gasteiger partial charge in [-0.15, -0.1) is 0 Å². The lowest BCUT2D eigenvalue weighted by Gasteiger charge is -2.33. The Morgan fingerprint density at radius 2 is 1.96 bits per heavy atom. The Morgan fingerprint density at radius 1 is 1.14 bits per heavy atom. The molecule has 0 radical (unpaired) electrons. The summed E-state index contributed by atoms with van der Waals surface area (Å²) in [6, 6.07) is 11.7. The first-order chi connectivity index (χ1) is 13.3. The quantitative estimate of drug-likeness (QED) is 0.712. The van der Waals surface area contributed by atoms with E-state index in [0.29, 0.717) is 17.0 Å². The molecule has 1 N–H and O–H groups in total. The van der Waals surface area contributed by atoms with E-state index >= 15 is 0 Å². The topological polar surface area (TPSA) is 45.5 Å². The van der Waals surface area contributed by atoms with Crippen molar-refractivity contribution in [2.45, 2.75) is 19.1 Å². The molecule has 1 aliphatic heterocycles. The van der Waals surface area contributed by atoms with Crippen LogP contribution >= 0.6 is 0 Å². The molecule has 1 atom stereocenters. The molecule has 1 saturated heterocycles.